The highest BCUT2D eigenvalue weighted by Crippen LogP contribution is 2.23. The van der Waals surface area contributed by atoms with Gasteiger partial charge in [-0.2, -0.15) is 0 Å². The van der Waals surface area contributed by atoms with Crippen LogP contribution in [-0.2, 0) is 4.79 Å². The van der Waals surface area contributed by atoms with Crippen molar-refractivity contribution in [3.05, 3.63) is 30.1 Å². The van der Waals surface area contributed by atoms with Crippen LogP contribution in [0.15, 0.2) is 33.9 Å². The minimum Gasteiger partial charge on any atom is -0.411 e. The third kappa shape index (κ3) is 3.79. The average molecular weight is 296 g/mol. The molecule has 0 radical (unpaired) electrons. The Balaban J connectivity index is 1.97. The smallest absolute Gasteiger partial charge is 0.318 e. The number of hydrogen-bond acceptors (Lipinski definition) is 6. The number of nitrogens with one attached hydrogen (secondary N) is 1. The lowest BCUT2D eigenvalue weighted by molar-refractivity contribution is -0.117. The molecule has 1 aromatic heterocycles. The maximum absolute atomic E-state index is 12.8. The van der Waals surface area contributed by atoms with Crippen LogP contribution in [0.5, 0.6) is 0 Å². The number of amides is 3. The number of nitrogens with zero attached hydrogens (tertiary/aromatic N) is 2. The molecule has 2 rings (SSSR count). The van der Waals surface area contributed by atoms with Crippen LogP contribution in [0.25, 0.3) is 11.5 Å². The number of thioether (sulfide) groups is 1. The molecule has 9 heteroatoms. The lowest BCUT2D eigenvalue weighted by atomic mass is 10.2. The van der Waals surface area contributed by atoms with Crippen molar-refractivity contribution < 1.29 is 18.4 Å². The highest BCUT2D eigenvalue weighted by atomic mass is 32.2. The van der Waals surface area contributed by atoms with Crippen molar-refractivity contribution >= 4 is 23.7 Å². The van der Waals surface area contributed by atoms with Gasteiger partial charge in [-0.05, 0) is 24.3 Å². The Hall–Kier alpha value is -2.42. The predicted molar refractivity (Wildman–Crippen MR) is 68.1 cm³/mol. The average Bonchev–Trinajstić information content (AvgIpc) is 2.85. The van der Waals surface area contributed by atoms with E-state index in [4.69, 9.17) is 10.2 Å². The molecule has 104 valence electrons. The maximum Gasteiger partial charge on any atom is 0.318 e. The van der Waals surface area contributed by atoms with Gasteiger partial charge in [-0.1, -0.05) is 11.8 Å². The Morgan fingerprint density at radius 3 is 2.65 bits per heavy atom. The summed E-state index contributed by atoms with van der Waals surface area (Å²) in [6.07, 6.45) is 0. The van der Waals surface area contributed by atoms with E-state index < -0.39 is 11.9 Å². The Kier molecular flexibility index (Phi) is 4.31. The van der Waals surface area contributed by atoms with Crippen molar-refractivity contribution in [2.45, 2.75) is 5.22 Å². The second-order valence-corrected chi connectivity index (χ2v) is 4.51. The van der Waals surface area contributed by atoms with Gasteiger partial charge in [0.1, 0.15) is 5.82 Å². The summed E-state index contributed by atoms with van der Waals surface area (Å²) in [5, 5.41) is 9.56. The standard InChI is InChI=1S/C11H9FN4O3S/c12-7-3-1-6(2-4-7)9-15-16-11(19-9)20-5-8(17)14-10(13)18/h1-4H,5H2,(H3,13,14,17,18). The number of urea groups is 1. The summed E-state index contributed by atoms with van der Waals surface area (Å²) in [4.78, 5) is 21.6. The normalized spacial score (nSPS) is 10.2. The topological polar surface area (TPSA) is 111 Å². The highest BCUT2D eigenvalue weighted by Gasteiger charge is 2.11. The number of rotatable bonds is 4. The first-order chi connectivity index (χ1) is 9.54. The van der Waals surface area contributed by atoms with Crippen LogP contribution in [0.2, 0.25) is 0 Å². The van der Waals surface area contributed by atoms with Crippen molar-refractivity contribution in [1.82, 2.24) is 15.5 Å². The summed E-state index contributed by atoms with van der Waals surface area (Å²) in [7, 11) is 0. The van der Waals surface area contributed by atoms with E-state index in [1.165, 1.54) is 24.3 Å². The van der Waals surface area contributed by atoms with Gasteiger partial charge in [0, 0.05) is 5.56 Å². The first kappa shape index (κ1) is 14.0. The molecule has 0 aliphatic carbocycles. The molecule has 0 spiro atoms. The number of carbonyl (C=O) groups excluding carboxylic acids is 2. The van der Waals surface area contributed by atoms with Gasteiger partial charge in [-0.3, -0.25) is 10.1 Å². The largest absolute Gasteiger partial charge is 0.411 e. The van der Waals surface area contributed by atoms with Gasteiger partial charge in [0.05, 0.1) is 5.75 Å². The summed E-state index contributed by atoms with van der Waals surface area (Å²) in [5.74, 6) is -0.814. The molecule has 7 nitrogen and oxygen atoms in total. The number of hydrogen-bond donors (Lipinski definition) is 2. The van der Waals surface area contributed by atoms with E-state index in [9.17, 15) is 14.0 Å². The molecule has 1 heterocycles. The predicted octanol–water partition coefficient (Wildman–Crippen LogP) is 1.16. The second kappa shape index (κ2) is 6.15. The fraction of sp³-hybridized carbons (Fsp3) is 0.0909. The second-order valence-electron chi connectivity index (χ2n) is 3.58. The maximum atomic E-state index is 12.8. The highest BCUT2D eigenvalue weighted by molar-refractivity contribution is 7.99. The van der Waals surface area contributed by atoms with Crippen LogP contribution in [0, 0.1) is 5.82 Å². The molecule has 0 saturated heterocycles. The van der Waals surface area contributed by atoms with Crippen molar-refractivity contribution in [3.63, 3.8) is 0 Å². The summed E-state index contributed by atoms with van der Waals surface area (Å²) in [6, 6.07) is 4.61. The van der Waals surface area contributed by atoms with Crippen LogP contribution in [0.1, 0.15) is 0 Å². The fourth-order valence-corrected chi connectivity index (χ4v) is 1.84. The van der Waals surface area contributed by atoms with E-state index in [1.807, 2.05) is 5.32 Å². The molecule has 20 heavy (non-hydrogen) atoms. The number of benzene rings is 1. The lowest BCUT2D eigenvalue weighted by Crippen LogP contribution is -2.36. The Morgan fingerprint density at radius 2 is 2.00 bits per heavy atom. The number of imide groups is 1. The third-order valence-electron chi connectivity index (χ3n) is 2.09. The molecule has 3 N–H and O–H groups in total. The molecule has 0 fully saturated rings. The zero-order valence-electron chi connectivity index (χ0n) is 10.00. The van der Waals surface area contributed by atoms with Crippen LogP contribution in [0.4, 0.5) is 9.18 Å². The number of nitrogens with two attached hydrogens (primary N) is 1. The number of halogens is 1. The van der Waals surface area contributed by atoms with E-state index >= 15 is 0 Å². The van der Waals surface area contributed by atoms with E-state index in [1.54, 1.807) is 0 Å². The van der Waals surface area contributed by atoms with E-state index in [-0.39, 0.29) is 22.7 Å². The van der Waals surface area contributed by atoms with Crippen molar-refractivity contribution in [2.24, 2.45) is 5.73 Å². The van der Waals surface area contributed by atoms with Gasteiger partial charge in [-0.25, -0.2) is 9.18 Å². The van der Waals surface area contributed by atoms with Gasteiger partial charge in [0.2, 0.25) is 11.8 Å². The van der Waals surface area contributed by atoms with Crippen molar-refractivity contribution in [3.8, 4) is 11.5 Å². The molecule has 1 aromatic carbocycles. The molecular weight excluding hydrogens is 287 g/mol. The van der Waals surface area contributed by atoms with Crippen LogP contribution >= 0.6 is 11.8 Å². The summed E-state index contributed by atoms with van der Waals surface area (Å²) in [6.45, 7) is 0. The fourth-order valence-electron chi connectivity index (χ4n) is 1.28. The van der Waals surface area contributed by atoms with Crippen LogP contribution < -0.4 is 11.1 Å². The van der Waals surface area contributed by atoms with Crippen molar-refractivity contribution in [2.75, 3.05) is 5.75 Å². The van der Waals surface area contributed by atoms with Gasteiger partial charge < -0.3 is 10.2 Å². The zero-order chi connectivity index (χ0) is 14.5. The lowest BCUT2D eigenvalue weighted by Gasteiger charge is -1.97. The van der Waals surface area contributed by atoms with E-state index in [0.717, 1.165) is 11.8 Å². The third-order valence-corrected chi connectivity index (χ3v) is 2.91. The molecule has 0 aliphatic heterocycles. The summed E-state index contributed by atoms with van der Waals surface area (Å²) in [5.41, 5.74) is 5.35. The number of carbonyl (C=O) groups is 2. The SMILES string of the molecule is NC(=O)NC(=O)CSc1nnc(-c2ccc(F)cc2)o1. The summed E-state index contributed by atoms with van der Waals surface area (Å²) >= 11 is 0.955. The van der Waals surface area contributed by atoms with Gasteiger partial charge in [0.25, 0.3) is 5.22 Å². The van der Waals surface area contributed by atoms with E-state index in [0.29, 0.717) is 5.56 Å². The molecule has 3 amide bonds. The molecule has 0 unspecified atom stereocenters. The minimum absolute atomic E-state index is 0.0893. The van der Waals surface area contributed by atoms with E-state index in [2.05, 4.69) is 10.2 Å². The zero-order valence-corrected chi connectivity index (χ0v) is 10.8. The minimum atomic E-state index is -0.923. The van der Waals surface area contributed by atoms with Crippen LogP contribution in [0.3, 0.4) is 0 Å². The molecule has 0 atom stereocenters. The Labute approximate surface area is 116 Å². The van der Waals surface area contributed by atoms with Gasteiger partial charge >= 0.3 is 6.03 Å². The molecule has 0 bridgehead atoms. The number of primary amides is 1. The van der Waals surface area contributed by atoms with Gasteiger partial charge in [0.15, 0.2) is 0 Å². The molecule has 0 aliphatic rings. The van der Waals surface area contributed by atoms with Crippen molar-refractivity contribution in [1.29, 1.82) is 0 Å². The Morgan fingerprint density at radius 1 is 1.30 bits per heavy atom. The molecule has 2 aromatic rings. The summed E-state index contributed by atoms with van der Waals surface area (Å²) < 4.78 is 18.1. The Bertz CT molecular complexity index is 629. The van der Waals surface area contributed by atoms with Gasteiger partial charge in [-0.15, -0.1) is 10.2 Å². The quantitative estimate of drug-likeness (QED) is 0.819. The monoisotopic (exact) mass is 296 g/mol. The van der Waals surface area contributed by atoms with Crippen LogP contribution in [-0.4, -0.2) is 27.9 Å². The number of aromatic nitrogens is 2. The first-order valence-electron chi connectivity index (χ1n) is 5.36. The molecular formula is C11H9FN4O3S. The molecule has 0 saturated carbocycles. The first-order valence-corrected chi connectivity index (χ1v) is 6.34.